The molecule has 1 unspecified atom stereocenters. The molecule has 1 aromatic rings. The molecule has 0 saturated carbocycles. The fourth-order valence-electron chi connectivity index (χ4n) is 1.08. The van der Waals surface area contributed by atoms with Crippen LogP contribution in [0.4, 0.5) is 0 Å². The number of allylic oxidation sites excluding steroid dienone is 4. The first-order chi connectivity index (χ1) is 5.47. The summed E-state index contributed by atoms with van der Waals surface area (Å²) < 4.78 is 1.75. The Morgan fingerprint density at radius 3 is 3.00 bits per heavy atom. The van der Waals surface area contributed by atoms with E-state index in [9.17, 15) is 0 Å². The summed E-state index contributed by atoms with van der Waals surface area (Å²) in [7, 11) is 0. The van der Waals surface area contributed by atoms with Gasteiger partial charge < -0.3 is 0 Å². The molecule has 0 bridgehead atoms. The van der Waals surface area contributed by atoms with Gasteiger partial charge in [0, 0.05) is 0 Å². The van der Waals surface area contributed by atoms with E-state index in [1.807, 2.05) is 12.2 Å². The second kappa shape index (κ2) is 2.65. The van der Waals surface area contributed by atoms with Crippen molar-refractivity contribution in [3.8, 4) is 0 Å². The van der Waals surface area contributed by atoms with Gasteiger partial charge in [-0.1, -0.05) is 24.3 Å². The van der Waals surface area contributed by atoms with Crippen LogP contribution >= 0.6 is 0 Å². The molecule has 1 aromatic heterocycles. The molecule has 1 heterocycles. The number of nitrogens with zero attached hydrogens (tertiary/aromatic N) is 4. The van der Waals surface area contributed by atoms with E-state index in [-0.39, 0.29) is 0 Å². The Labute approximate surface area is 64.2 Å². The maximum Gasteiger partial charge on any atom is 0.138 e. The molecule has 0 spiro atoms. The second-order valence-electron chi connectivity index (χ2n) is 2.41. The van der Waals surface area contributed by atoms with E-state index in [0.717, 1.165) is 6.42 Å². The summed E-state index contributed by atoms with van der Waals surface area (Å²) in [4.78, 5) is 0. The van der Waals surface area contributed by atoms with Gasteiger partial charge in [-0.25, -0.2) is 4.68 Å². The summed E-state index contributed by atoms with van der Waals surface area (Å²) in [5.41, 5.74) is 0. The highest BCUT2D eigenvalue weighted by molar-refractivity contribution is 5.12. The molecule has 1 aliphatic rings. The first-order valence-electron chi connectivity index (χ1n) is 3.52. The minimum absolute atomic E-state index is 0.301. The van der Waals surface area contributed by atoms with Crippen LogP contribution in [0.2, 0.25) is 0 Å². The summed E-state index contributed by atoms with van der Waals surface area (Å²) in [6.07, 6.45) is 10.8. The van der Waals surface area contributed by atoms with Crippen LogP contribution in [-0.2, 0) is 0 Å². The zero-order valence-electron chi connectivity index (χ0n) is 5.96. The Kier molecular flexibility index (Phi) is 1.51. The highest BCUT2D eigenvalue weighted by atomic mass is 15.5. The minimum atomic E-state index is 0.301. The number of hydrogen-bond donors (Lipinski definition) is 0. The van der Waals surface area contributed by atoms with Crippen molar-refractivity contribution in [2.75, 3.05) is 0 Å². The van der Waals surface area contributed by atoms with Crippen LogP contribution in [0.25, 0.3) is 0 Å². The molecular formula is C7H8N4. The fourth-order valence-corrected chi connectivity index (χ4v) is 1.08. The van der Waals surface area contributed by atoms with Gasteiger partial charge in [-0.05, 0) is 16.8 Å². The Hall–Kier alpha value is -1.45. The third-order valence-electron chi connectivity index (χ3n) is 1.66. The number of rotatable bonds is 1. The van der Waals surface area contributed by atoms with Gasteiger partial charge >= 0.3 is 0 Å². The van der Waals surface area contributed by atoms with Crippen molar-refractivity contribution in [3.63, 3.8) is 0 Å². The van der Waals surface area contributed by atoms with Crippen molar-refractivity contribution in [1.82, 2.24) is 20.2 Å². The molecule has 4 heteroatoms. The lowest BCUT2D eigenvalue weighted by molar-refractivity contribution is 0.522. The smallest absolute Gasteiger partial charge is 0.138 e. The molecule has 0 aliphatic heterocycles. The van der Waals surface area contributed by atoms with Gasteiger partial charge in [0.1, 0.15) is 6.33 Å². The van der Waals surface area contributed by atoms with Crippen molar-refractivity contribution in [1.29, 1.82) is 0 Å². The van der Waals surface area contributed by atoms with E-state index in [1.165, 1.54) is 0 Å². The first kappa shape index (κ1) is 6.27. The highest BCUT2D eigenvalue weighted by Gasteiger charge is 2.07. The molecule has 0 saturated heterocycles. The van der Waals surface area contributed by atoms with Gasteiger partial charge in [-0.15, -0.1) is 5.10 Å². The van der Waals surface area contributed by atoms with Crippen LogP contribution < -0.4 is 0 Å². The van der Waals surface area contributed by atoms with Gasteiger partial charge in [0.15, 0.2) is 0 Å². The van der Waals surface area contributed by atoms with Crippen molar-refractivity contribution in [3.05, 3.63) is 30.6 Å². The molecular weight excluding hydrogens is 140 g/mol. The zero-order chi connectivity index (χ0) is 7.52. The summed E-state index contributed by atoms with van der Waals surface area (Å²) in [6, 6.07) is 0.301. The van der Waals surface area contributed by atoms with E-state index in [4.69, 9.17) is 0 Å². The van der Waals surface area contributed by atoms with Gasteiger partial charge in [-0.2, -0.15) is 0 Å². The molecule has 2 rings (SSSR count). The van der Waals surface area contributed by atoms with Gasteiger partial charge in [0.2, 0.25) is 0 Å². The third kappa shape index (κ3) is 1.19. The molecule has 1 aliphatic carbocycles. The molecule has 11 heavy (non-hydrogen) atoms. The van der Waals surface area contributed by atoms with Gasteiger partial charge in [-0.3, -0.25) is 0 Å². The Morgan fingerprint density at radius 1 is 1.36 bits per heavy atom. The van der Waals surface area contributed by atoms with Crippen LogP contribution in [0.5, 0.6) is 0 Å². The standard InChI is InChI=1S/C7H8N4/c1-2-4-7(5-3-1)11-6-8-9-10-11/h1-4,6-7H,5H2. The maximum absolute atomic E-state index is 3.81. The Bertz CT molecular complexity index is 273. The minimum Gasteiger partial charge on any atom is -0.225 e. The molecule has 0 fully saturated rings. The van der Waals surface area contributed by atoms with Crippen LogP contribution in [0.3, 0.4) is 0 Å². The predicted molar refractivity (Wildman–Crippen MR) is 39.8 cm³/mol. The SMILES string of the molecule is C1=CCC(n2cnnn2)C=C1. The van der Waals surface area contributed by atoms with Crippen molar-refractivity contribution < 1.29 is 0 Å². The number of tetrazole rings is 1. The third-order valence-corrected chi connectivity index (χ3v) is 1.66. The zero-order valence-corrected chi connectivity index (χ0v) is 5.96. The van der Waals surface area contributed by atoms with Crippen molar-refractivity contribution in [2.24, 2.45) is 0 Å². The number of hydrogen-bond acceptors (Lipinski definition) is 3. The lowest BCUT2D eigenvalue weighted by atomic mass is 10.1. The average Bonchev–Trinajstić information content (AvgIpc) is 2.58. The topological polar surface area (TPSA) is 43.6 Å². The molecule has 4 nitrogen and oxygen atoms in total. The number of aromatic nitrogens is 4. The summed E-state index contributed by atoms with van der Waals surface area (Å²) in [5.74, 6) is 0. The normalized spacial score (nSPS) is 22.4. The van der Waals surface area contributed by atoms with Crippen LogP contribution in [0.1, 0.15) is 12.5 Å². The van der Waals surface area contributed by atoms with E-state index in [2.05, 4.69) is 27.7 Å². The average molecular weight is 148 g/mol. The Morgan fingerprint density at radius 2 is 2.36 bits per heavy atom. The Balaban J connectivity index is 2.19. The summed E-state index contributed by atoms with van der Waals surface area (Å²) >= 11 is 0. The largest absolute Gasteiger partial charge is 0.225 e. The first-order valence-corrected chi connectivity index (χ1v) is 3.52. The quantitative estimate of drug-likeness (QED) is 0.589. The molecule has 0 amide bonds. The molecule has 0 N–H and O–H groups in total. The van der Waals surface area contributed by atoms with E-state index in [0.29, 0.717) is 6.04 Å². The van der Waals surface area contributed by atoms with E-state index >= 15 is 0 Å². The summed E-state index contributed by atoms with van der Waals surface area (Å²) in [5, 5.41) is 11.0. The second-order valence-corrected chi connectivity index (χ2v) is 2.41. The predicted octanol–water partition coefficient (Wildman–Crippen LogP) is 0.730. The van der Waals surface area contributed by atoms with E-state index < -0.39 is 0 Å². The highest BCUT2D eigenvalue weighted by Crippen LogP contribution is 2.14. The lowest BCUT2D eigenvalue weighted by Gasteiger charge is -2.10. The van der Waals surface area contributed by atoms with Crippen molar-refractivity contribution >= 4 is 0 Å². The lowest BCUT2D eigenvalue weighted by Crippen LogP contribution is -2.07. The monoisotopic (exact) mass is 148 g/mol. The van der Waals surface area contributed by atoms with Gasteiger partial charge in [0.05, 0.1) is 6.04 Å². The molecule has 0 aromatic carbocycles. The van der Waals surface area contributed by atoms with Crippen molar-refractivity contribution in [2.45, 2.75) is 12.5 Å². The van der Waals surface area contributed by atoms with Crippen LogP contribution in [0.15, 0.2) is 30.6 Å². The molecule has 0 radical (unpaired) electrons. The van der Waals surface area contributed by atoms with Crippen LogP contribution in [-0.4, -0.2) is 20.2 Å². The van der Waals surface area contributed by atoms with Crippen LogP contribution in [0, 0.1) is 0 Å². The summed E-state index contributed by atoms with van der Waals surface area (Å²) in [6.45, 7) is 0. The molecule has 1 atom stereocenters. The van der Waals surface area contributed by atoms with E-state index in [1.54, 1.807) is 11.0 Å². The maximum atomic E-state index is 3.81. The molecule has 56 valence electrons. The fraction of sp³-hybridized carbons (Fsp3) is 0.286. The van der Waals surface area contributed by atoms with Gasteiger partial charge in [0.25, 0.3) is 0 Å².